The van der Waals surface area contributed by atoms with Gasteiger partial charge in [0.1, 0.15) is 0 Å². The van der Waals surface area contributed by atoms with Gasteiger partial charge in [0.25, 0.3) is 5.69 Å². The zero-order valence-corrected chi connectivity index (χ0v) is 15.4. The van der Waals surface area contributed by atoms with Gasteiger partial charge in [-0.3, -0.25) is 15.1 Å². The molecule has 2 aromatic carbocycles. The third-order valence-corrected chi connectivity index (χ3v) is 4.77. The molecule has 6 nitrogen and oxygen atoms in total. The number of nitro groups is 1. The van der Waals surface area contributed by atoms with Crippen LogP contribution < -0.4 is 4.80 Å². The van der Waals surface area contributed by atoms with E-state index in [0.717, 1.165) is 21.6 Å². The molecule has 1 heterocycles. The number of nitrogens with zero attached hydrogens (tertiary/aromatic N) is 4. The molecule has 0 aliphatic rings. The standard InChI is InChI=1S/C18H15ClN4O2S/c1-2-20-18-22(21-11-14-5-3-4-6-16(14)19)17(12-26-18)13-7-9-15(10-8-13)23(24)25/h3-12H,2H2,1H3/b20-18?,21-11+. The molecule has 8 heteroatoms. The Balaban J connectivity index is 2.06. The van der Waals surface area contributed by atoms with Crippen molar-refractivity contribution in [3.05, 3.63) is 79.4 Å². The van der Waals surface area contributed by atoms with E-state index in [1.54, 1.807) is 29.1 Å². The number of thiazole rings is 1. The first-order valence-electron chi connectivity index (χ1n) is 7.85. The summed E-state index contributed by atoms with van der Waals surface area (Å²) in [6.45, 7) is 2.58. The van der Waals surface area contributed by atoms with Crippen molar-refractivity contribution in [3.63, 3.8) is 0 Å². The summed E-state index contributed by atoms with van der Waals surface area (Å²) in [4.78, 5) is 15.6. The number of aromatic nitrogens is 1. The first kappa shape index (κ1) is 18.0. The summed E-state index contributed by atoms with van der Waals surface area (Å²) in [6, 6.07) is 13.8. The van der Waals surface area contributed by atoms with Gasteiger partial charge in [0, 0.05) is 40.2 Å². The van der Waals surface area contributed by atoms with Crippen LogP contribution in [0.4, 0.5) is 5.69 Å². The molecule has 26 heavy (non-hydrogen) atoms. The summed E-state index contributed by atoms with van der Waals surface area (Å²) in [7, 11) is 0. The fourth-order valence-electron chi connectivity index (χ4n) is 2.31. The summed E-state index contributed by atoms with van der Waals surface area (Å²) in [5.41, 5.74) is 2.47. The molecule has 3 rings (SSSR count). The molecule has 0 atom stereocenters. The molecule has 0 spiro atoms. The van der Waals surface area contributed by atoms with Crippen LogP contribution in [0.1, 0.15) is 12.5 Å². The molecule has 0 N–H and O–H groups in total. The van der Waals surface area contributed by atoms with E-state index in [1.807, 2.05) is 30.5 Å². The topological polar surface area (TPSA) is 72.8 Å². The minimum atomic E-state index is -0.418. The second-order valence-electron chi connectivity index (χ2n) is 5.26. The maximum absolute atomic E-state index is 10.8. The SMILES string of the molecule is CCN=c1scc(-c2ccc([N+](=O)[O-])cc2)n1/N=C/c1ccccc1Cl. The summed E-state index contributed by atoms with van der Waals surface area (Å²) >= 11 is 7.65. The van der Waals surface area contributed by atoms with Gasteiger partial charge < -0.3 is 0 Å². The van der Waals surface area contributed by atoms with Gasteiger partial charge >= 0.3 is 0 Å². The van der Waals surface area contributed by atoms with Gasteiger partial charge in [0.15, 0.2) is 0 Å². The van der Waals surface area contributed by atoms with Gasteiger partial charge in [-0.05, 0) is 25.1 Å². The van der Waals surface area contributed by atoms with Gasteiger partial charge in [-0.15, -0.1) is 11.3 Å². The van der Waals surface area contributed by atoms with E-state index in [2.05, 4.69) is 10.1 Å². The molecule has 132 valence electrons. The molecule has 0 fully saturated rings. The fourth-order valence-corrected chi connectivity index (χ4v) is 3.39. The third-order valence-electron chi connectivity index (χ3n) is 3.57. The number of hydrogen-bond acceptors (Lipinski definition) is 5. The summed E-state index contributed by atoms with van der Waals surface area (Å²) in [6.07, 6.45) is 1.68. The Morgan fingerprint density at radius 2 is 1.96 bits per heavy atom. The minimum Gasteiger partial charge on any atom is -0.258 e. The maximum atomic E-state index is 10.8. The molecular weight excluding hydrogens is 372 g/mol. The molecule has 0 bridgehead atoms. The van der Waals surface area contributed by atoms with Gasteiger partial charge in [-0.2, -0.15) is 5.10 Å². The van der Waals surface area contributed by atoms with E-state index >= 15 is 0 Å². The number of benzene rings is 2. The Morgan fingerprint density at radius 1 is 1.23 bits per heavy atom. The summed E-state index contributed by atoms with van der Waals surface area (Å²) < 4.78 is 1.72. The smallest absolute Gasteiger partial charge is 0.258 e. The van der Waals surface area contributed by atoms with Crippen LogP contribution in [-0.2, 0) is 0 Å². The molecule has 0 aliphatic heterocycles. The number of halogens is 1. The molecule has 1 aromatic heterocycles. The van der Waals surface area contributed by atoms with Crippen LogP contribution in [0.5, 0.6) is 0 Å². The predicted octanol–water partition coefficient (Wildman–Crippen LogP) is 4.58. The molecule has 0 radical (unpaired) electrons. The first-order valence-corrected chi connectivity index (χ1v) is 9.10. The Bertz CT molecular complexity index is 1020. The predicted molar refractivity (Wildman–Crippen MR) is 105 cm³/mol. The highest BCUT2D eigenvalue weighted by Gasteiger charge is 2.10. The number of non-ortho nitro benzene ring substituents is 1. The average Bonchev–Trinajstić information content (AvgIpc) is 3.04. The Hall–Kier alpha value is -2.77. The van der Waals surface area contributed by atoms with Gasteiger partial charge in [0.05, 0.1) is 16.8 Å². The molecular formula is C18H15ClN4O2S. The van der Waals surface area contributed by atoms with E-state index in [-0.39, 0.29) is 5.69 Å². The summed E-state index contributed by atoms with van der Waals surface area (Å²) in [5.74, 6) is 0. The Labute approximate surface area is 158 Å². The van der Waals surface area contributed by atoms with Crippen molar-refractivity contribution in [1.82, 2.24) is 4.68 Å². The van der Waals surface area contributed by atoms with E-state index < -0.39 is 4.92 Å². The van der Waals surface area contributed by atoms with Crippen molar-refractivity contribution in [2.24, 2.45) is 10.1 Å². The van der Waals surface area contributed by atoms with Crippen LogP contribution in [0.15, 0.2) is 64.0 Å². The third kappa shape index (κ3) is 3.89. The van der Waals surface area contributed by atoms with Crippen molar-refractivity contribution in [1.29, 1.82) is 0 Å². The molecule has 0 saturated carbocycles. The van der Waals surface area contributed by atoms with Crippen molar-refractivity contribution in [2.45, 2.75) is 6.92 Å². The van der Waals surface area contributed by atoms with E-state index in [1.165, 1.54) is 23.5 Å². The second kappa shape index (κ2) is 8.07. The molecule has 0 unspecified atom stereocenters. The number of rotatable bonds is 5. The van der Waals surface area contributed by atoms with E-state index in [9.17, 15) is 10.1 Å². The first-order chi connectivity index (χ1) is 12.6. The monoisotopic (exact) mass is 386 g/mol. The van der Waals surface area contributed by atoms with Crippen molar-refractivity contribution in [2.75, 3.05) is 6.54 Å². The van der Waals surface area contributed by atoms with Crippen LogP contribution in [0, 0.1) is 10.1 Å². The lowest BCUT2D eigenvalue weighted by molar-refractivity contribution is -0.384. The maximum Gasteiger partial charge on any atom is 0.269 e. The number of nitro benzene ring substituents is 1. The van der Waals surface area contributed by atoms with Crippen molar-refractivity contribution in [3.8, 4) is 11.3 Å². The van der Waals surface area contributed by atoms with Crippen LogP contribution in [-0.4, -0.2) is 22.4 Å². The normalized spacial score (nSPS) is 12.0. The quantitative estimate of drug-likeness (QED) is 0.365. The zero-order valence-electron chi connectivity index (χ0n) is 13.9. The largest absolute Gasteiger partial charge is 0.269 e. The second-order valence-corrected chi connectivity index (χ2v) is 6.50. The fraction of sp³-hybridized carbons (Fsp3) is 0.111. The Morgan fingerprint density at radius 3 is 2.62 bits per heavy atom. The minimum absolute atomic E-state index is 0.0496. The molecule has 0 amide bonds. The highest BCUT2D eigenvalue weighted by Crippen LogP contribution is 2.23. The molecule has 3 aromatic rings. The van der Waals surface area contributed by atoms with Gasteiger partial charge in [-0.1, -0.05) is 29.8 Å². The van der Waals surface area contributed by atoms with E-state index in [4.69, 9.17) is 11.6 Å². The highest BCUT2D eigenvalue weighted by molar-refractivity contribution is 7.07. The van der Waals surface area contributed by atoms with Crippen molar-refractivity contribution >= 4 is 34.8 Å². The van der Waals surface area contributed by atoms with Crippen LogP contribution in [0.2, 0.25) is 5.02 Å². The zero-order chi connectivity index (χ0) is 18.5. The lowest BCUT2D eigenvalue weighted by Crippen LogP contribution is -2.12. The number of hydrogen-bond donors (Lipinski definition) is 0. The van der Waals surface area contributed by atoms with Crippen LogP contribution in [0.3, 0.4) is 0 Å². The van der Waals surface area contributed by atoms with E-state index in [0.29, 0.717) is 11.6 Å². The lowest BCUT2D eigenvalue weighted by Gasteiger charge is -2.04. The average molecular weight is 387 g/mol. The van der Waals surface area contributed by atoms with Gasteiger partial charge in [-0.25, -0.2) is 4.68 Å². The summed E-state index contributed by atoms with van der Waals surface area (Å²) in [5, 5.41) is 17.9. The highest BCUT2D eigenvalue weighted by atomic mass is 35.5. The molecule has 0 aliphatic carbocycles. The lowest BCUT2D eigenvalue weighted by atomic mass is 10.1. The van der Waals surface area contributed by atoms with Crippen LogP contribution in [0.25, 0.3) is 11.3 Å². The van der Waals surface area contributed by atoms with Crippen molar-refractivity contribution < 1.29 is 4.92 Å². The molecule has 0 saturated heterocycles. The van der Waals surface area contributed by atoms with Crippen LogP contribution >= 0.6 is 22.9 Å². The Kier molecular flexibility index (Phi) is 5.60. The van der Waals surface area contributed by atoms with Gasteiger partial charge in [0.2, 0.25) is 4.80 Å².